The minimum atomic E-state index is -0.211. The first-order valence-corrected chi connectivity index (χ1v) is 32.1. The van der Waals surface area contributed by atoms with E-state index in [2.05, 4.69) is 42.6 Å². The molecule has 504 valence electrons. The van der Waals surface area contributed by atoms with Crippen LogP contribution < -0.4 is 0 Å². The largest absolute Gasteiger partial charge is 0.466 e. The molecule has 0 saturated heterocycles. The number of carbonyl (C=O) groups is 9. The third-order valence-corrected chi connectivity index (χ3v) is 10.6. The summed E-state index contributed by atoms with van der Waals surface area (Å²) in [4.78, 5) is 88.4. The fourth-order valence-electron chi connectivity index (χ4n) is 7.13. The van der Waals surface area contributed by atoms with Crippen LogP contribution in [0.1, 0.15) is 317 Å². The average molecular weight is 1210 g/mol. The fraction of sp³-hybridized carbons (Fsp3) is 0.864. The van der Waals surface area contributed by atoms with E-state index in [1.165, 1.54) is 255 Å². The van der Waals surface area contributed by atoms with Gasteiger partial charge in [-0.25, -0.2) is 0 Å². The van der Waals surface area contributed by atoms with Crippen molar-refractivity contribution < 1.29 is 85.8 Å². The normalized spacial score (nSPS) is 13.5. The summed E-state index contributed by atoms with van der Waals surface area (Å²) in [6.07, 6.45) is 45.0. The summed E-state index contributed by atoms with van der Waals surface area (Å²) in [5.41, 5.74) is 0. The highest BCUT2D eigenvalue weighted by molar-refractivity contribution is 5.68. The molecule has 0 spiro atoms. The Balaban J connectivity index is -0.000000103. The highest BCUT2D eigenvalue weighted by atomic mass is 16.6. The van der Waals surface area contributed by atoms with Gasteiger partial charge in [-0.3, -0.25) is 43.2 Å². The number of ether oxygens (including phenoxy) is 9. The second-order valence-electron chi connectivity index (χ2n) is 18.9. The van der Waals surface area contributed by atoms with Gasteiger partial charge in [0.2, 0.25) is 0 Å². The van der Waals surface area contributed by atoms with Gasteiger partial charge < -0.3 is 42.6 Å². The molecule has 0 aromatic carbocycles. The lowest BCUT2D eigenvalue weighted by Gasteiger charge is -2.05. The van der Waals surface area contributed by atoms with Crippen molar-refractivity contribution in [3.8, 4) is 0 Å². The van der Waals surface area contributed by atoms with Gasteiger partial charge in [0.25, 0.3) is 0 Å². The lowest BCUT2D eigenvalue weighted by molar-refractivity contribution is -0.141. The smallest absolute Gasteiger partial charge is 0.302 e. The molecule has 0 bridgehead atoms. The van der Waals surface area contributed by atoms with Crippen molar-refractivity contribution in [2.45, 2.75) is 317 Å². The number of rotatable bonds is 9. The Morgan fingerprint density at radius 2 is 0.202 bits per heavy atom. The lowest BCUT2D eigenvalue weighted by atomic mass is 10.0. The summed E-state index contributed by atoms with van der Waals surface area (Å²) in [6, 6.07) is 0. The molecule has 5 rings (SSSR count). The van der Waals surface area contributed by atoms with Gasteiger partial charge in [-0.1, -0.05) is 193 Å². The van der Waals surface area contributed by atoms with Gasteiger partial charge in [-0.2, -0.15) is 0 Å². The first-order valence-electron chi connectivity index (χ1n) is 32.1. The second kappa shape index (κ2) is 94.6. The van der Waals surface area contributed by atoms with Gasteiger partial charge in [0, 0.05) is 62.3 Å². The number of esters is 9. The third kappa shape index (κ3) is 165. The van der Waals surface area contributed by atoms with E-state index in [1.54, 1.807) is 62.3 Å². The number of hydrogen-bond acceptors (Lipinski definition) is 18. The zero-order valence-electron chi connectivity index (χ0n) is 57.4. The number of hydrogen-bond donors (Lipinski definition) is 0. The van der Waals surface area contributed by atoms with Crippen LogP contribution in [0.3, 0.4) is 0 Å². The Morgan fingerprint density at radius 1 is 0.155 bits per heavy atom. The Morgan fingerprint density at radius 3 is 0.214 bits per heavy atom. The molecule has 5 saturated carbocycles. The average Bonchev–Trinajstić information content (AvgIpc) is 3.45. The summed E-state index contributed by atoms with van der Waals surface area (Å²) in [6.45, 7) is 32.9. The SMILES string of the molecule is C1CCCCC1.C1CCCCC1.C1CCCCC1.C1CCCCC1.C1CCCCC1.CCOC(C)=O.CCOC(C)=O.CCOC(C)=O.CCOC(C)=O.CCOC(C)=O.CCOC(C)=O.CCOC(C)=O.CCOC(C)=O.CCOC(C)=O. The predicted molar refractivity (Wildman–Crippen MR) is 339 cm³/mol. The monoisotopic (exact) mass is 1210 g/mol. The van der Waals surface area contributed by atoms with Crippen LogP contribution >= 0.6 is 0 Å². The Kier molecular flexibility index (Phi) is 111. The predicted octanol–water partition coefficient (Wildman–Crippen LogP) is 16.8. The summed E-state index contributed by atoms with van der Waals surface area (Å²) in [5, 5.41) is 0. The van der Waals surface area contributed by atoms with Crippen molar-refractivity contribution in [3.05, 3.63) is 0 Å². The Labute approximate surface area is 514 Å². The molecule has 0 atom stereocenters. The Bertz CT molecular complexity index is 1010. The van der Waals surface area contributed by atoms with Crippen LogP contribution in [0.5, 0.6) is 0 Å². The van der Waals surface area contributed by atoms with E-state index in [9.17, 15) is 43.2 Å². The van der Waals surface area contributed by atoms with E-state index in [4.69, 9.17) is 0 Å². The van der Waals surface area contributed by atoms with Crippen LogP contribution in [0.25, 0.3) is 0 Å². The molecule has 0 radical (unpaired) electrons. The minimum Gasteiger partial charge on any atom is -0.466 e. The lowest BCUT2D eigenvalue weighted by Crippen LogP contribution is -1.95. The van der Waals surface area contributed by atoms with E-state index in [0.717, 1.165) is 0 Å². The van der Waals surface area contributed by atoms with Crippen LogP contribution in [-0.2, 0) is 85.8 Å². The van der Waals surface area contributed by atoms with Crippen LogP contribution in [0, 0.1) is 0 Å². The number of carbonyl (C=O) groups excluding carboxylic acids is 9. The standard InChI is InChI=1S/5C6H12.9C4H8O2/c5*1-2-4-6-5-3-1;9*1-3-6-4(2)5/h5*1-6H2;9*3H2,1-2H3. The maximum absolute atomic E-state index is 9.82. The molecule has 0 heterocycles. The van der Waals surface area contributed by atoms with Crippen molar-refractivity contribution in [1.82, 2.24) is 0 Å². The van der Waals surface area contributed by atoms with E-state index >= 15 is 0 Å². The van der Waals surface area contributed by atoms with Crippen LogP contribution in [0.15, 0.2) is 0 Å². The summed E-state index contributed by atoms with van der Waals surface area (Å²) in [5.74, 6) is -1.90. The van der Waals surface area contributed by atoms with Gasteiger partial charge >= 0.3 is 53.7 Å². The highest BCUT2D eigenvalue weighted by Crippen LogP contribution is 2.17. The van der Waals surface area contributed by atoms with Crippen LogP contribution in [-0.4, -0.2) is 113 Å². The molecule has 0 aliphatic heterocycles. The molecule has 0 N–H and O–H groups in total. The van der Waals surface area contributed by atoms with E-state index in [0.29, 0.717) is 59.5 Å². The molecule has 18 nitrogen and oxygen atoms in total. The second-order valence-corrected chi connectivity index (χ2v) is 18.9. The molecular weight excluding hydrogens is 1080 g/mol. The minimum absolute atomic E-state index is 0.211. The summed E-state index contributed by atoms with van der Waals surface area (Å²) < 4.78 is 39.6. The van der Waals surface area contributed by atoms with Gasteiger partial charge in [0.05, 0.1) is 59.5 Å². The van der Waals surface area contributed by atoms with Gasteiger partial charge in [-0.15, -0.1) is 0 Å². The third-order valence-electron chi connectivity index (χ3n) is 10.6. The maximum atomic E-state index is 9.82. The van der Waals surface area contributed by atoms with Crippen molar-refractivity contribution in [2.24, 2.45) is 0 Å². The molecule has 0 unspecified atom stereocenters. The molecule has 0 aromatic rings. The summed E-state index contributed by atoms with van der Waals surface area (Å²) >= 11 is 0. The van der Waals surface area contributed by atoms with Crippen LogP contribution in [0.4, 0.5) is 0 Å². The molecule has 0 amide bonds. The first kappa shape index (κ1) is 98.3. The van der Waals surface area contributed by atoms with Crippen molar-refractivity contribution >= 4 is 53.7 Å². The van der Waals surface area contributed by atoms with Crippen molar-refractivity contribution in [3.63, 3.8) is 0 Å². The van der Waals surface area contributed by atoms with Crippen LogP contribution in [0.2, 0.25) is 0 Å². The zero-order valence-corrected chi connectivity index (χ0v) is 57.4. The summed E-state index contributed by atoms with van der Waals surface area (Å²) in [7, 11) is 0. The van der Waals surface area contributed by atoms with Gasteiger partial charge in [0.15, 0.2) is 0 Å². The quantitative estimate of drug-likeness (QED) is 0.154. The van der Waals surface area contributed by atoms with Gasteiger partial charge in [0.1, 0.15) is 0 Å². The Hall–Kier alpha value is -4.77. The highest BCUT2D eigenvalue weighted by Gasteiger charge is 1.98. The molecule has 5 fully saturated rings. The molecule has 0 aromatic heterocycles. The molecule has 18 heteroatoms. The van der Waals surface area contributed by atoms with Crippen molar-refractivity contribution in [2.75, 3.05) is 59.5 Å². The van der Waals surface area contributed by atoms with Crippen molar-refractivity contribution in [1.29, 1.82) is 0 Å². The fourth-order valence-corrected chi connectivity index (χ4v) is 7.13. The topological polar surface area (TPSA) is 237 Å². The van der Waals surface area contributed by atoms with E-state index in [-0.39, 0.29) is 53.7 Å². The first-order chi connectivity index (χ1) is 39.9. The van der Waals surface area contributed by atoms with E-state index in [1.807, 2.05) is 0 Å². The van der Waals surface area contributed by atoms with E-state index < -0.39 is 0 Å². The van der Waals surface area contributed by atoms with Gasteiger partial charge in [-0.05, 0) is 62.3 Å². The molecular formula is C66H132O18. The maximum Gasteiger partial charge on any atom is 0.302 e. The molecule has 5 aliphatic carbocycles. The zero-order chi connectivity index (χ0) is 66.1. The molecule has 84 heavy (non-hydrogen) atoms. The molecule has 5 aliphatic rings.